The second-order valence-corrected chi connectivity index (χ2v) is 5.62. The number of carbonyl (C=O) groups excluding carboxylic acids is 1. The van der Waals surface area contributed by atoms with Gasteiger partial charge >= 0.3 is 0 Å². The number of ether oxygens (including phenoxy) is 2. The number of rotatable bonds is 3. The molecule has 2 aromatic carbocycles. The van der Waals surface area contributed by atoms with Crippen LogP contribution in [-0.2, 0) is 0 Å². The first-order chi connectivity index (χ1) is 12.0. The van der Waals surface area contributed by atoms with Crippen molar-refractivity contribution in [3.63, 3.8) is 0 Å². The Balaban J connectivity index is 1.89. The normalized spacial score (nSPS) is 13.0. The summed E-state index contributed by atoms with van der Waals surface area (Å²) in [5.41, 5.74) is -0.531. The summed E-state index contributed by atoms with van der Waals surface area (Å²) in [6.07, 6.45) is 0.672. The van der Waals surface area contributed by atoms with Gasteiger partial charge in [-0.15, -0.1) is 0 Å². The van der Waals surface area contributed by atoms with Crippen molar-refractivity contribution in [1.82, 2.24) is 0 Å². The summed E-state index contributed by atoms with van der Waals surface area (Å²) in [7, 11) is 0. The standard InChI is InChI=1S/C16H12ClFN2O5/c17-11-6-9(7-14-15(11)25-5-1-4-24-14)16(21)19-13-8-10(20(22)23)2-3-12(13)18/h2-3,6-8H,1,4-5H2,(H,19,21). The Hall–Kier alpha value is -2.87. The van der Waals surface area contributed by atoms with Crippen LogP contribution < -0.4 is 14.8 Å². The predicted molar refractivity (Wildman–Crippen MR) is 88.1 cm³/mol. The molecule has 1 amide bonds. The molecule has 1 aliphatic heterocycles. The van der Waals surface area contributed by atoms with Crippen LogP contribution in [0.3, 0.4) is 0 Å². The Labute approximate surface area is 146 Å². The minimum absolute atomic E-state index is 0.111. The lowest BCUT2D eigenvalue weighted by Crippen LogP contribution is -2.13. The van der Waals surface area contributed by atoms with Crippen LogP contribution in [0.1, 0.15) is 16.8 Å². The van der Waals surface area contributed by atoms with E-state index >= 15 is 0 Å². The molecular formula is C16H12ClFN2O5. The largest absolute Gasteiger partial charge is 0.489 e. The first-order valence-corrected chi connectivity index (χ1v) is 7.68. The molecule has 0 aromatic heterocycles. The number of amides is 1. The summed E-state index contributed by atoms with van der Waals surface area (Å²) in [5.74, 6) is -0.816. The average Bonchev–Trinajstić information content (AvgIpc) is 2.82. The molecule has 0 saturated carbocycles. The van der Waals surface area contributed by atoms with Gasteiger partial charge in [-0.2, -0.15) is 0 Å². The van der Waals surface area contributed by atoms with E-state index < -0.39 is 16.6 Å². The topological polar surface area (TPSA) is 90.7 Å². The summed E-state index contributed by atoms with van der Waals surface area (Å²) in [6.45, 7) is 0.852. The molecule has 1 heterocycles. The first kappa shape index (κ1) is 17.0. The van der Waals surface area contributed by atoms with E-state index in [1.165, 1.54) is 12.1 Å². The van der Waals surface area contributed by atoms with Crippen LogP contribution in [0.4, 0.5) is 15.8 Å². The molecule has 0 saturated heterocycles. The Bertz CT molecular complexity index is 859. The van der Waals surface area contributed by atoms with Crippen molar-refractivity contribution in [2.75, 3.05) is 18.5 Å². The predicted octanol–water partition coefficient (Wildman–Crippen LogP) is 3.80. The van der Waals surface area contributed by atoms with Gasteiger partial charge in [0.15, 0.2) is 11.5 Å². The Morgan fingerprint density at radius 2 is 2.00 bits per heavy atom. The number of hydrogen-bond acceptors (Lipinski definition) is 5. The number of halogens is 2. The van der Waals surface area contributed by atoms with E-state index in [0.717, 1.165) is 18.2 Å². The number of nitro groups is 1. The Morgan fingerprint density at radius 3 is 2.76 bits per heavy atom. The molecule has 0 bridgehead atoms. The van der Waals surface area contributed by atoms with Gasteiger partial charge in [0.1, 0.15) is 5.82 Å². The Morgan fingerprint density at radius 1 is 1.24 bits per heavy atom. The molecule has 0 spiro atoms. The van der Waals surface area contributed by atoms with Crippen LogP contribution in [0, 0.1) is 15.9 Å². The third-order valence-electron chi connectivity index (χ3n) is 3.47. The maximum Gasteiger partial charge on any atom is 0.271 e. The first-order valence-electron chi connectivity index (χ1n) is 7.30. The number of fused-ring (bicyclic) bond motifs is 1. The third kappa shape index (κ3) is 3.63. The minimum atomic E-state index is -0.792. The monoisotopic (exact) mass is 366 g/mol. The molecule has 1 aliphatic rings. The Kier molecular flexibility index (Phi) is 4.71. The van der Waals surface area contributed by atoms with Crippen LogP contribution in [-0.4, -0.2) is 24.0 Å². The molecule has 9 heteroatoms. The zero-order valence-corrected chi connectivity index (χ0v) is 13.5. The minimum Gasteiger partial charge on any atom is -0.489 e. The molecular weight excluding hydrogens is 355 g/mol. The van der Waals surface area contributed by atoms with E-state index in [-0.39, 0.29) is 22.0 Å². The van der Waals surface area contributed by atoms with Gasteiger partial charge in [-0.1, -0.05) is 11.6 Å². The van der Waals surface area contributed by atoms with Crippen LogP contribution in [0.2, 0.25) is 5.02 Å². The third-order valence-corrected chi connectivity index (χ3v) is 3.75. The summed E-state index contributed by atoms with van der Waals surface area (Å²) in [6, 6.07) is 5.65. The van der Waals surface area contributed by atoms with Crippen molar-refractivity contribution in [2.24, 2.45) is 0 Å². The van der Waals surface area contributed by atoms with Gasteiger partial charge in [-0.05, 0) is 18.2 Å². The maximum atomic E-state index is 13.8. The summed E-state index contributed by atoms with van der Waals surface area (Å²) in [4.78, 5) is 22.5. The molecule has 0 fully saturated rings. The zero-order valence-electron chi connectivity index (χ0n) is 12.8. The van der Waals surface area contributed by atoms with Crippen LogP contribution in [0.25, 0.3) is 0 Å². The highest BCUT2D eigenvalue weighted by Gasteiger charge is 2.20. The van der Waals surface area contributed by atoms with E-state index in [0.29, 0.717) is 31.1 Å². The van der Waals surface area contributed by atoms with Gasteiger partial charge < -0.3 is 14.8 Å². The van der Waals surface area contributed by atoms with Gasteiger partial charge in [-0.3, -0.25) is 14.9 Å². The second kappa shape index (κ2) is 6.94. The highest BCUT2D eigenvalue weighted by molar-refractivity contribution is 6.32. The van der Waals surface area contributed by atoms with Crippen LogP contribution in [0.15, 0.2) is 30.3 Å². The highest BCUT2D eigenvalue weighted by Crippen LogP contribution is 2.38. The van der Waals surface area contributed by atoms with Crippen molar-refractivity contribution in [1.29, 1.82) is 0 Å². The van der Waals surface area contributed by atoms with E-state index in [1.54, 1.807) is 0 Å². The van der Waals surface area contributed by atoms with Gasteiger partial charge in [-0.25, -0.2) is 4.39 Å². The number of benzene rings is 2. The van der Waals surface area contributed by atoms with Gasteiger partial charge in [0.2, 0.25) is 0 Å². The maximum absolute atomic E-state index is 13.8. The molecule has 0 unspecified atom stereocenters. The van der Waals surface area contributed by atoms with Crippen molar-refractivity contribution >= 4 is 28.9 Å². The highest BCUT2D eigenvalue weighted by atomic mass is 35.5. The van der Waals surface area contributed by atoms with Crippen LogP contribution >= 0.6 is 11.6 Å². The number of hydrogen-bond donors (Lipinski definition) is 1. The molecule has 3 rings (SSSR count). The number of nitrogens with zero attached hydrogens (tertiary/aromatic N) is 1. The van der Waals surface area contributed by atoms with Crippen LogP contribution in [0.5, 0.6) is 11.5 Å². The zero-order chi connectivity index (χ0) is 18.0. The number of carbonyl (C=O) groups is 1. The summed E-state index contributed by atoms with van der Waals surface area (Å²) >= 11 is 6.12. The smallest absolute Gasteiger partial charge is 0.271 e. The van der Waals surface area contributed by atoms with Gasteiger partial charge in [0, 0.05) is 24.1 Å². The summed E-state index contributed by atoms with van der Waals surface area (Å²) in [5, 5.41) is 13.3. The molecule has 7 nitrogen and oxygen atoms in total. The van der Waals surface area contributed by atoms with Gasteiger partial charge in [0.25, 0.3) is 11.6 Å². The quantitative estimate of drug-likeness (QED) is 0.659. The molecule has 2 aromatic rings. The van der Waals surface area contributed by atoms with E-state index in [1.807, 2.05) is 0 Å². The van der Waals surface area contributed by atoms with Crippen molar-refractivity contribution in [3.05, 3.63) is 56.8 Å². The average molecular weight is 367 g/mol. The van der Waals surface area contributed by atoms with Crippen molar-refractivity contribution in [2.45, 2.75) is 6.42 Å². The lowest BCUT2D eigenvalue weighted by Gasteiger charge is -2.12. The number of anilines is 1. The summed E-state index contributed by atoms with van der Waals surface area (Å²) < 4.78 is 24.8. The number of non-ortho nitro benzene ring substituents is 1. The molecule has 0 radical (unpaired) electrons. The lowest BCUT2D eigenvalue weighted by atomic mass is 10.1. The van der Waals surface area contributed by atoms with E-state index in [2.05, 4.69) is 5.32 Å². The molecule has 1 N–H and O–H groups in total. The second-order valence-electron chi connectivity index (χ2n) is 5.21. The van der Waals surface area contributed by atoms with Gasteiger partial charge in [0.05, 0.1) is 28.8 Å². The number of nitro benzene ring substituents is 1. The lowest BCUT2D eigenvalue weighted by molar-refractivity contribution is -0.384. The molecule has 0 aliphatic carbocycles. The fourth-order valence-corrected chi connectivity index (χ4v) is 2.54. The fraction of sp³-hybridized carbons (Fsp3) is 0.188. The molecule has 130 valence electrons. The van der Waals surface area contributed by atoms with E-state index in [4.69, 9.17) is 21.1 Å². The van der Waals surface area contributed by atoms with E-state index in [9.17, 15) is 19.3 Å². The number of nitrogens with one attached hydrogen (secondary N) is 1. The fourth-order valence-electron chi connectivity index (χ4n) is 2.28. The van der Waals surface area contributed by atoms with Crippen molar-refractivity contribution in [3.8, 4) is 11.5 Å². The molecule has 25 heavy (non-hydrogen) atoms. The van der Waals surface area contributed by atoms with Crippen molar-refractivity contribution < 1.29 is 23.6 Å². The molecule has 0 atom stereocenters. The SMILES string of the molecule is O=C(Nc1cc([N+](=O)[O-])ccc1F)c1cc(Cl)c2c(c1)OCCCO2.